The Labute approximate surface area is 273 Å². The first-order chi connectivity index (χ1) is 22.2. The minimum atomic E-state index is -0.492. The van der Waals surface area contributed by atoms with Gasteiger partial charge in [-0.05, 0) is 76.3 Å². The second-order valence-electron chi connectivity index (χ2n) is 13.0. The molecule has 4 amide bonds. The molecule has 1 aliphatic heterocycles. The molecule has 1 fully saturated rings. The first-order valence-corrected chi connectivity index (χ1v) is 16.9. The fourth-order valence-electron chi connectivity index (χ4n) is 6.17. The molecule has 0 unspecified atom stereocenters. The van der Waals surface area contributed by atoms with Crippen molar-refractivity contribution >= 4 is 29.2 Å². The number of nitrogens with one attached hydrogen (secondary N) is 2. The first kappa shape index (κ1) is 35.2. The zero-order valence-electron chi connectivity index (χ0n) is 27.9. The molecule has 4 atom stereocenters. The van der Waals surface area contributed by atoms with Gasteiger partial charge in [0.25, 0.3) is 5.91 Å². The average Bonchev–Trinajstić information content (AvgIpc) is 3.06. The number of para-hydroxylation sites is 1. The van der Waals surface area contributed by atoms with Gasteiger partial charge >= 0.3 is 6.03 Å². The molecule has 4 rings (SSSR count). The van der Waals surface area contributed by atoms with Crippen molar-refractivity contribution in [2.45, 2.75) is 90.4 Å². The number of aliphatic hydroxyl groups is 1. The molecule has 1 aliphatic carbocycles. The number of ether oxygens (including phenoxy) is 2. The molecule has 2 aromatic carbocycles. The normalized spacial score (nSPS) is 22.5. The average molecular weight is 637 g/mol. The number of carbonyl (C=O) groups is 3. The van der Waals surface area contributed by atoms with Crippen LogP contribution in [-0.4, -0.2) is 84.4 Å². The van der Waals surface area contributed by atoms with E-state index in [9.17, 15) is 19.5 Å². The van der Waals surface area contributed by atoms with E-state index < -0.39 is 6.04 Å². The standard InChI is InChI=1S/C36H52N4O6/c1-25-22-40(26(2)24-41)35(43)31-21-30(37-34(42)28-14-7-5-8-15-28)18-19-32(31)46-27(3)13-11-12-20-45-33(25)23-39(4)36(44)38-29-16-9-6-10-17-29/h6,9-10,16-19,21,25-28,33,41H,5,7-8,11-15,20,22-24H2,1-4H3,(H,37,42)(H,38,44)/t25-,26+,27+,33+/m1/s1. The van der Waals surface area contributed by atoms with E-state index in [0.29, 0.717) is 35.8 Å². The number of carbonyl (C=O) groups excluding carboxylic acids is 3. The van der Waals surface area contributed by atoms with Crippen molar-refractivity contribution in [1.82, 2.24) is 9.80 Å². The molecule has 0 radical (unpaired) electrons. The Bertz CT molecular complexity index is 1280. The van der Waals surface area contributed by atoms with Crippen molar-refractivity contribution in [2.24, 2.45) is 11.8 Å². The molecule has 252 valence electrons. The van der Waals surface area contributed by atoms with Crippen LogP contribution in [0.25, 0.3) is 0 Å². The van der Waals surface area contributed by atoms with Crippen molar-refractivity contribution in [3.8, 4) is 5.75 Å². The van der Waals surface area contributed by atoms with E-state index >= 15 is 0 Å². The third kappa shape index (κ3) is 9.93. The number of rotatable bonds is 7. The SMILES string of the molecule is C[C@@H]1CN([C@@H](C)CO)C(=O)c2cc(NC(=O)C3CCCCC3)ccc2O[C@@H](C)CCCCO[C@H]1CN(C)C(=O)Nc1ccccc1. The van der Waals surface area contributed by atoms with Crippen LogP contribution in [0, 0.1) is 11.8 Å². The summed E-state index contributed by atoms with van der Waals surface area (Å²) in [5.41, 5.74) is 1.60. The maximum absolute atomic E-state index is 14.3. The summed E-state index contributed by atoms with van der Waals surface area (Å²) in [6.45, 7) is 6.69. The molecule has 0 saturated heterocycles. The van der Waals surface area contributed by atoms with Crippen LogP contribution in [-0.2, 0) is 9.53 Å². The van der Waals surface area contributed by atoms with Gasteiger partial charge in [0.15, 0.2) is 0 Å². The maximum atomic E-state index is 14.3. The molecule has 2 aliphatic rings. The zero-order chi connectivity index (χ0) is 33.1. The fraction of sp³-hybridized carbons (Fsp3) is 0.583. The van der Waals surface area contributed by atoms with Gasteiger partial charge in [0, 0.05) is 50.0 Å². The predicted molar refractivity (Wildman–Crippen MR) is 180 cm³/mol. The summed E-state index contributed by atoms with van der Waals surface area (Å²) in [5.74, 6) is -0.0540. The molecule has 0 bridgehead atoms. The van der Waals surface area contributed by atoms with Crippen molar-refractivity contribution < 1.29 is 29.0 Å². The summed E-state index contributed by atoms with van der Waals surface area (Å²) in [5, 5.41) is 16.2. The van der Waals surface area contributed by atoms with E-state index in [-0.39, 0.29) is 55.0 Å². The number of likely N-dealkylation sites (N-methyl/N-ethyl adjacent to an activating group) is 1. The summed E-state index contributed by atoms with van der Waals surface area (Å²) in [7, 11) is 1.73. The maximum Gasteiger partial charge on any atom is 0.321 e. The molecule has 0 aromatic heterocycles. The van der Waals surface area contributed by atoms with Crippen LogP contribution in [0.3, 0.4) is 0 Å². The van der Waals surface area contributed by atoms with E-state index in [1.807, 2.05) is 44.2 Å². The monoisotopic (exact) mass is 636 g/mol. The number of nitrogens with zero attached hydrogens (tertiary/aromatic N) is 2. The van der Waals surface area contributed by atoms with Gasteiger partial charge in [-0.2, -0.15) is 0 Å². The largest absolute Gasteiger partial charge is 0.490 e. The molecule has 46 heavy (non-hydrogen) atoms. The van der Waals surface area contributed by atoms with E-state index in [0.717, 1.165) is 51.4 Å². The second kappa shape index (κ2) is 17.3. The Morgan fingerprint density at radius 1 is 0.978 bits per heavy atom. The third-order valence-corrected chi connectivity index (χ3v) is 9.12. The van der Waals surface area contributed by atoms with Crippen LogP contribution in [0.4, 0.5) is 16.2 Å². The number of hydrogen-bond donors (Lipinski definition) is 3. The molecular weight excluding hydrogens is 584 g/mol. The molecule has 10 nitrogen and oxygen atoms in total. The number of urea groups is 1. The van der Waals surface area contributed by atoms with Crippen LogP contribution in [0.5, 0.6) is 5.75 Å². The Hall–Kier alpha value is -3.63. The van der Waals surface area contributed by atoms with Crippen LogP contribution >= 0.6 is 0 Å². The van der Waals surface area contributed by atoms with Crippen molar-refractivity contribution in [3.63, 3.8) is 0 Å². The van der Waals surface area contributed by atoms with Crippen molar-refractivity contribution in [3.05, 3.63) is 54.1 Å². The third-order valence-electron chi connectivity index (χ3n) is 9.12. The predicted octanol–water partition coefficient (Wildman–Crippen LogP) is 6.16. The van der Waals surface area contributed by atoms with Gasteiger partial charge in [0.05, 0.1) is 30.4 Å². The molecule has 10 heteroatoms. The molecular formula is C36H52N4O6. The minimum Gasteiger partial charge on any atom is -0.490 e. The highest BCUT2D eigenvalue weighted by atomic mass is 16.5. The summed E-state index contributed by atoms with van der Waals surface area (Å²) in [4.78, 5) is 43.7. The lowest BCUT2D eigenvalue weighted by molar-refractivity contribution is -0.120. The smallest absolute Gasteiger partial charge is 0.321 e. The van der Waals surface area contributed by atoms with Crippen LogP contribution in [0.2, 0.25) is 0 Å². The van der Waals surface area contributed by atoms with Gasteiger partial charge in [-0.15, -0.1) is 0 Å². The van der Waals surface area contributed by atoms with Gasteiger partial charge in [0.1, 0.15) is 5.75 Å². The summed E-state index contributed by atoms with van der Waals surface area (Å²) < 4.78 is 12.7. The summed E-state index contributed by atoms with van der Waals surface area (Å²) in [6, 6.07) is 13.8. The van der Waals surface area contributed by atoms with Crippen LogP contribution < -0.4 is 15.4 Å². The highest BCUT2D eigenvalue weighted by Gasteiger charge is 2.31. The first-order valence-electron chi connectivity index (χ1n) is 16.9. The molecule has 2 aromatic rings. The Kier molecular flexibility index (Phi) is 13.3. The van der Waals surface area contributed by atoms with E-state index in [1.165, 1.54) is 0 Å². The Morgan fingerprint density at radius 3 is 2.41 bits per heavy atom. The lowest BCUT2D eigenvalue weighted by atomic mass is 9.88. The number of aliphatic hydroxyl groups excluding tert-OH is 1. The van der Waals surface area contributed by atoms with Gasteiger partial charge in [-0.3, -0.25) is 9.59 Å². The Morgan fingerprint density at radius 2 is 1.70 bits per heavy atom. The number of hydrogen-bond acceptors (Lipinski definition) is 6. The highest BCUT2D eigenvalue weighted by Crippen LogP contribution is 2.30. The number of anilines is 2. The number of benzene rings is 2. The van der Waals surface area contributed by atoms with Gasteiger partial charge in [0.2, 0.25) is 5.91 Å². The Balaban J connectivity index is 1.58. The molecule has 0 spiro atoms. The topological polar surface area (TPSA) is 120 Å². The molecule has 1 heterocycles. The van der Waals surface area contributed by atoms with E-state index in [1.54, 1.807) is 42.0 Å². The second-order valence-corrected chi connectivity index (χ2v) is 13.0. The zero-order valence-corrected chi connectivity index (χ0v) is 27.9. The molecule has 1 saturated carbocycles. The van der Waals surface area contributed by atoms with Gasteiger partial charge in [-0.25, -0.2) is 4.79 Å². The lowest BCUT2D eigenvalue weighted by Gasteiger charge is -2.35. The highest BCUT2D eigenvalue weighted by molar-refractivity contribution is 6.00. The molecule has 3 N–H and O–H groups in total. The van der Waals surface area contributed by atoms with Gasteiger partial charge < -0.3 is 35.0 Å². The quantitative estimate of drug-likeness (QED) is 0.335. The lowest BCUT2D eigenvalue weighted by Crippen LogP contribution is -2.48. The van der Waals surface area contributed by atoms with Crippen molar-refractivity contribution in [1.29, 1.82) is 0 Å². The number of amides is 4. The van der Waals surface area contributed by atoms with E-state index in [4.69, 9.17) is 9.47 Å². The van der Waals surface area contributed by atoms with E-state index in [2.05, 4.69) is 10.6 Å². The fourth-order valence-corrected chi connectivity index (χ4v) is 6.17. The number of fused-ring (bicyclic) bond motifs is 1. The van der Waals surface area contributed by atoms with Crippen LogP contribution in [0.1, 0.15) is 82.5 Å². The van der Waals surface area contributed by atoms with Gasteiger partial charge in [-0.1, -0.05) is 44.4 Å². The van der Waals surface area contributed by atoms with Crippen molar-refractivity contribution in [2.75, 3.05) is 44.0 Å². The minimum absolute atomic E-state index is 0.0168. The summed E-state index contributed by atoms with van der Waals surface area (Å²) in [6.07, 6.45) is 6.98. The van der Waals surface area contributed by atoms with Crippen LogP contribution in [0.15, 0.2) is 48.5 Å². The summed E-state index contributed by atoms with van der Waals surface area (Å²) >= 11 is 0.